The summed E-state index contributed by atoms with van der Waals surface area (Å²) < 4.78 is 15.6. The van der Waals surface area contributed by atoms with E-state index in [9.17, 15) is 25.5 Å². The van der Waals surface area contributed by atoms with Gasteiger partial charge in [-0.05, 0) is 6.92 Å². The van der Waals surface area contributed by atoms with E-state index in [2.05, 4.69) is 0 Å². The highest BCUT2D eigenvalue weighted by molar-refractivity contribution is 4.90. The predicted octanol–water partition coefficient (Wildman–Crippen LogP) is -3.34. The Balaban J connectivity index is 1.98. The minimum absolute atomic E-state index is 0.0546. The van der Waals surface area contributed by atoms with Crippen LogP contribution in [0.15, 0.2) is 0 Å². The Morgan fingerprint density at radius 3 is 2.24 bits per heavy atom. The molecule has 124 valence electrons. The molecule has 2 saturated heterocycles. The second kappa shape index (κ2) is 6.82. The first-order valence-electron chi connectivity index (χ1n) is 6.82. The molecule has 0 unspecified atom stereocenters. The Morgan fingerprint density at radius 2 is 1.67 bits per heavy atom. The maximum Gasteiger partial charge on any atom is 0.184 e. The molecule has 0 aliphatic carbocycles. The van der Waals surface area contributed by atoms with Crippen LogP contribution in [0.5, 0.6) is 0 Å². The van der Waals surface area contributed by atoms with Gasteiger partial charge in [0.15, 0.2) is 12.6 Å². The van der Waals surface area contributed by atoms with Crippen LogP contribution < -0.4 is 0 Å². The summed E-state index contributed by atoms with van der Waals surface area (Å²) in [5.41, 5.74) is 0. The SMILES string of the molecule is C[C@@H]1O[C@@H](O[C@@H]2[C@@H](O)[C@@H](O)[C@@H](CO)O[C@H]2O)C[C@H](O)[C@@H]1O. The molecule has 0 spiro atoms. The maximum absolute atomic E-state index is 9.93. The van der Waals surface area contributed by atoms with Gasteiger partial charge in [-0.2, -0.15) is 0 Å². The fourth-order valence-corrected chi connectivity index (χ4v) is 2.51. The lowest BCUT2D eigenvalue weighted by Crippen LogP contribution is -2.61. The maximum atomic E-state index is 9.93. The first-order chi connectivity index (χ1) is 9.85. The van der Waals surface area contributed by atoms with Crippen molar-refractivity contribution in [3.8, 4) is 0 Å². The normalized spacial score (nSPS) is 51.9. The predicted molar refractivity (Wildman–Crippen MR) is 65.8 cm³/mol. The van der Waals surface area contributed by atoms with Crippen LogP contribution in [0.3, 0.4) is 0 Å². The van der Waals surface area contributed by atoms with Crippen LogP contribution in [-0.4, -0.2) is 92.6 Å². The summed E-state index contributed by atoms with van der Waals surface area (Å²) >= 11 is 0. The third-order valence-corrected chi connectivity index (χ3v) is 3.83. The van der Waals surface area contributed by atoms with Gasteiger partial charge in [-0.25, -0.2) is 0 Å². The van der Waals surface area contributed by atoms with Gasteiger partial charge < -0.3 is 44.8 Å². The first-order valence-corrected chi connectivity index (χ1v) is 6.82. The van der Waals surface area contributed by atoms with E-state index in [0.717, 1.165) is 0 Å². The number of hydrogen-bond donors (Lipinski definition) is 6. The van der Waals surface area contributed by atoms with Gasteiger partial charge in [-0.1, -0.05) is 0 Å². The molecule has 9 heteroatoms. The van der Waals surface area contributed by atoms with E-state index >= 15 is 0 Å². The quantitative estimate of drug-likeness (QED) is 0.314. The van der Waals surface area contributed by atoms with Crippen LogP contribution in [0.2, 0.25) is 0 Å². The average Bonchev–Trinajstić information content (AvgIpc) is 2.44. The average molecular weight is 310 g/mol. The minimum Gasteiger partial charge on any atom is -0.394 e. The molecule has 0 aromatic rings. The van der Waals surface area contributed by atoms with Crippen molar-refractivity contribution in [2.45, 2.75) is 68.7 Å². The monoisotopic (exact) mass is 310 g/mol. The fraction of sp³-hybridized carbons (Fsp3) is 1.00. The summed E-state index contributed by atoms with van der Waals surface area (Å²) in [6, 6.07) is 0. The third kappa shape index (κ3) is 3.52. The van der Waals surface area contributed by atoms with Gasteiger partial charge in [0.25, 0.3) is 0 Å². The largest absolute Gasteiger partial charge is 0.394 e. The molecule has 2 aliphatic rings. The van der Waals surface area contributed by atoms with Gasteiger partial charge in [0.05, 0.1) is 18.8 Å². The van der Waals surface area contributed by atoms with Gasteiger partial charge in [-0.15, -0.1) is 0 Å². The summed E-state index contributed by atoms with van der Waals surface area (Å²) in [6.45, 7) is 0.980. The van der Waals surface area contributed by atoms with Crippen molar-refractivity contribution in [1.29, 1.82) is 0 Å². The number of aliphatic hydroxyl groups is 6. The van der Waals surface area contributed by atoms with E-state index < -0.39 is 61.9 Å². The van der Waals surface area contributed by atoms with Crippen molar-refractivity contribution in [2.24, 2.45) is 0 Å². The van der Waals surface area contributed by atoms with Crippen molar-refractivity contribution in [3.63, 3.8) is 0 Å². The zero-order chi connectivity index (χ0) is 15.7. The second-order valence-electron chi connectivity index (χ2n) is 5.39. The van der Waals surface area contributed by atoms with Crippen LogP contribution in [0, 0.1) is 0 Å². The molecule has 2 fully saturated rings. The van der Waals surface area contributed by atoms with Gasteiger partial charge in [0, 0.05) is 6.42 Å². The van der Waals surface area contributed by atoms with E-state index in [1.54, 1.807) is 6.92 Å². The summed E-state index contributed by atoms with van der Waals surface area (Å²) in [6.07, 6.45) is -10.7. The van der Waals surface area contributed by atoms with Crippen molar-refractivity contribution in [2.75, 3.05) is 6.61 Å². The van der Waals surface area contributed by atoms with E-state index in [1.807, 2.05) is 0 Å². The Kier molecular flexibility index (Phi) is 5.52. The molecular formula is C12H22O9. The highest BCUT2D eigenvalue weighted by Gasteiger charge is 2.46. The van der Waals surface area contributed by atoms with Gasteiger partial charge in [0.1, 0.15) is 30.5 Å². The van der Waals surface area contributed by atoms with Gasteiger partial charge in [-0.3, -0.25) is 0 Å². The molecule has 0 amide bonds. The lowest BCUT2D eigenvalue weighted by atomic mass is 9.98. The van der Waals surface area contributed by atoms with Gasteiger partial charge >= 0.3 is 0 Å². The lowest BCUT2D eigenvalue weighted by molar-refractivity contribution is -0.340. The van der Waals surface area contributed by atoms with E-state index in [-0.39, 0.29) is 6.42 Å². The third-order valence-electron chi connectivity index (χ3n) is 3.83. The van der Waals surface area contributed by atoms with Crippen LogP contribution in [0.25, 0.3) is 0 Å². The molecule has 9 atom stereocenters. The zero-order valence-corrected chi connectivity index (χ0v) is 11.5. The Morgan fingerprint density at radius 1 is 1.00 bits per heavy atom. The molecule has 2 heterocycles. The second-order valence-corrected chi connectivity index (χ2v) is 5.39. The topological polar surface area (TPSA) is 149 Å². The molecule has 0 saturated carbocycles. The zero-order valence-electron chi connectivity index (χ0n) is 11.5. The van der Waals surface area contributed by atoms with Crippen molar-refractivity contribution < 1.29 is 44.8 Å². The fourth-order valence-electron chi connectivity index (χ4n) is 2.51. The summed E-state index contributed by atoms with van der Waals surface area (Å²) in [7, 11) is 0. The highest BCUT2D eigenvalue weighted by atomic mass is 16.7. The summed E-state index contributed by atoms with van der Waals surface area (Å²) in [5.74, 6) is 0. The van der Waals surface area contributed by atoms with Crippen LogP contribution in [-0.2, 0) is 14.2 Å². The van der Waals surface area contributed by atoms with Crippen LogP contribution >= 0.6 is 0 Å². The Labute approximate surface area is 121 Å². The molecule has 0 aromatic carbocycles. The van der Waals surface area contributed by atoms with Gasteiger partial charge in [0.2, 0.25) is 0 Å². The molecule has 0 radical (unpaired) electrons. The number of rotatable bonds is 3. The molecule has 2 aliphatic heterocycles. The highest BCUT2D eigenvalue weighted by Crippen LogP contribution is 2.27. The molecular weight excluding hydrogens is 288 g/mol. The van der Waals surface area contributed by atoms with Crippen molar-refractivity contribution in [3.05, 3.63) is 0 Å². The molecule has 21 heavy (non-hydrogen) atoms. The standard InChI is InChI=1S/C12H22O9/c1-4-8(15)5(14)2-7(19-4)21-11-10(17)9(16)6(3-13)20-12(11)18/h4-18H,2-3H2,1H3/t4-,5-,6+,7-,8+,9-,10-,11+,12+/m0/s1. The molecule has 6 N–H and O–H groups in total. The molecule has 0 bridgehead atoms. The molecule has 9 nitrogen and oxygen atoms in total. The Bertz CT molecular complexity index is 329. The Hall–Kier alpha value is -0.360. The summed E-state index contributed by atoms with van der Waals surface area (Å²) in [4.78, 5) is 0. The summed E-state index contributed by atoms with van der Waals surface area (Å²) in [5, 5.41) is 57.6. The lowest BCUT2D eigenvalue weighted by Gasteiger charge is -2.43. The van der Waals surface area contributed by atoms with Crippen molar-refractivity contribution >= 4 is 0 Å². The number of hydrogen-bond acceptors (Lipinski definition) is 9. The number of ether oxygens (including phenoxy) is 3. The minimum atomic E-state index is -1.57. The van der Waals surface area contributed by atoms with E-state index in [0.29, 0.717) is 0 Å². The van der Waals surface area contributed by atoms with Crippen LogP contribution in [0.4, 0.5) is 0 Å². The number of aliphatic hydroxyl groups excluding tert-OH is 6. The van der Waals surface area contributed by atoms with E-state index in [1.165, 1.54) is 0 Å². The van der Waals surface area contributed by atoms with Crippen LogP contribution in [0.1, 0.15) is 13.3 Å². The smallest absolute Gasteiger partial charge is 0.184 e. The molecule has 2 rings (SSSR count). The van der Waals surface area contributed by atoms with Crippen molar-refractivity contribution in [1.82, 2.24) is 0 Å². The molecule has 0 aromatic heterocycles. The van der Waals surface area contributed by atoms with E-state index in [4.69, 9.17) is 19.3 Å². The first kappa shape index (κ1) is 17.0.